The Balaban J connectivity index is 2.28. The number of hydrogen-bond acceptors (Lipinski definition) is 3. The molecule has 0 amide bonds. The number of hydrogen-bond donors (Lipinski definition) is 0. The maximum atomic E-state index is 10.5. The van der Waals surface area contributed by atoms with Crippen LogP contribution in [0.4, 0.5) is 0 Å². The average Bonchev–Trinajstić information content (AvgIpc) is 2.78. The molecule has 2 aromatic rings. The van der Waals surface area contributed by atoms with E-state index in [9.17, 15) is 10.1 Å². The van der Waals surface area contributed by atoms with Gasteiger partial charge in [-0.2, -0.15) is 0 Å². The standard InChI is InChI=1S/C13H10ClNO3/c1-9(15(16)17)8-12-6-7-13(18-12)10-2-4-11(14)5-3-10/h2-8H,1H3. The third-order valence-electron chi connectivity index (χ3n) is 2.39. The van der Waals surface area contributed by atoms with Crippen LogP contribution in [0.2, 0.25) is 5.02 Å². The second-order valence-corrected chi connectivity index (χ2v) is 4.19. The van der Waals surface area contributed by atoms with E-state index in [0.29, 0.717) is 16.5 Å². The summed E-state index contributed by atoms with van der Waals surface area (Å²) in [6.07, 6.45) is 1.39. The quantitative estimate of drug-likeness (QED) is 0.615. The topological polar surface area (TPSA) is 56.3 Å². The first kappa shape index (κ1) is 12.4. The van der Waals surface area contributed by atoms with Crippen molar-refractivity contribution in [3.63, 3.8) is 0 Å². The van der Waals surface area contributed by atoms with E-state index in [-0.39, 0.29) is 5.70 Å². The molecule has 1 aromatic carbocycles. The summed E-state index contributed by atoms with van der Waals surface area (Å²) in [5, 5.41) is 11.1. The molecule has 0 aliphatic heterocycles. The highest BCUT2D eigenvalue weighted by atomic mass is 35.5. The third-order valence-corrected chi connectivity index (χ3v) is 2.65. The summed E-state index contributed by atoms with van der Waals surface area (Å²) in [6.45, 7) is 1.42. The molecule has 0 saturated heterocycles. The van der Waals surface area contributed by atoms with E-state index in [2.05, 4.69) is 0 Å². The maximum absolute atomic E-state index is 10.5. The van der Waals surface area contributed by atoms with Crippen molar-refractivity contribution in [2.24, 2.45) is 0 Å². The molecule has 18 heavy (non-hydrogen) atoms. The Morgan fingerprint density at radius 1 is 1.28 bits per heavy atom. The van der Waals surface area contributed by atoms with Crippen molar-refractivity contribution in [3.05, 3.63) is 63.0 Å². The zero-order chi connectivity index (χ0) is 13.1. The van der Waals surface area contributed by atoms with Crippen molar-refractivity contribution in [2.75, 3.05) is 0 Å². The molecular weight excluding hydrogens is 254 g/mol. The van der Waals surface area contributed by atoms with Crippen molar-refractivity contribution in [3.8, 4) is 11.3 Å². The minimum absolute atomic E-state index is 0.0343. The molecule has 0 bridgehead atoms. The second kappa shape index (κ2) is 5.06. The fourth-order valence-electron chi connectivity index (χ4n) is 1.46. The van der Waals surface area contributed by atoms with Crippen molar-refractivity contribution in [2.45, 2.75) is 6.92 Å². The van der Waals surface area contributed by atoms with E-state index in [1.54, 1.807) is 24.3 Å². The number of halogens is 1. The second-order valence-electron chi connectivity index (χ2n) is 3.75. The van der Waals surface area contributed by atoms with Gasteiger partial charge in [0, 0.05) is 17.5 Å². The largest absolute Gasteiger partial charge is 0.456 e. The normalized spacial score (nSPS) is 11.6. The lowest BCUT2D eigenvalue weighted by molar-refractivity contribution is -0.422. The van der Waals surface area contributed by atoms with Crippen molar-refractivity contribution >= 4 is 17.7 Å². The lowest BCUT2D eigenvalue weighted by atomic mass is 10.2. The Kier molecular flexibility index (Phi) is 3.48. The summed E-state index contributed by atoms with van der Waals surface area (Å²) in [4.78, 5) is 10.0. The van der Waals surface area contributed by atoms with Gasteiger partial charge in [-0.3, -0.25) is 10.1 Å². The van der Waals surface area contributed by atoms with Crippen LogP contribution in [0.15, 0.2) is 46.5 Å². The first-order valence-electron chi connectivity index (χ1n) is 5.25. The number of nitrogens with zero attached hydrogens (tertiary/aromatic N) is 1. The van der Waals surface area contributed by atoms with Gasteiger partial charge in [0.1, 0.15) is 11.5 Å². The predicted molar refractivity (Wildman–Crippen MR) is 69.8 cm³/mol. The number of allylic oxidation sites excluding steroid dienone is 1. The van der Waals surface area contributed by atoms with Gasteiger partial charge in [-0.1, -0.05) is 11.6 Å². The molecule has 0 unspecified atom stereocenters. The molecule has 4 nitrogen and oxygen atoms in total. The summed E-state index contributed by atoms with van der Waals surface area (Å²) in [5.41, 5.74) is 0.907. The van der Waals surface area contributed by atoms with Crippen LogP contribution in [0.25, 0.3) is 17.4 Å². The molecule has 0 spiro atoms. The zero-order valence-electron chi connectivity index (χ0n) is 9.59. The fourth-order valence-corrected chi connectivity index (χ4v) is 1.58. The minimum atomic E-state index is -0.454. The molecule has 92 valence electrons. The first-order chi connectivity index (χ1) is 8.56. The van der Waals surface area contributed by atoms with Gasteiger partial charge in [-0.05, 0) is 36.4 Å². The Labute approximate surface area is 109 Å². The van der Waals surface area contributed by atoms with Gasteiger partial charge in [0.25, 0.3) is 0 Å². The maximum Gasteiger partial charge on any atom is 0.246 e. The summed E-state index contributed by atoms with van der Waals surface area (Å²) in [7, 11) is 0. The highest BCUT2D eigenvalue weighted by molar-refractivity contribution is 6.30. The monoisotopic (exact) mass is 263 g/mol. The molecule has 1 aromatic heterocycles. The van der Waals surface area contributed by atoms with Gasteiger partial charge < -0.3 is 4.42 Å². The number of nitro groups is 1. The fraction of sp³-hybridized carbons (Fsp3) is 0.0769. The van der Waals surface area contributed by atoms with Crippen LogP contribution < -0.4 is 0 Å². The van der Waals surface area contributed by atoms with E-state index in [1.165, 1.54) is 13.0 Å². The van der Waals surface area contributed by atoms with Gasteiger partial charge in [0.2, 0.25) is 5.70 Å². The molecule has 0 radical (unpaired) electrons. The van der Waals surface area contributed by atoms with Crippen LogP contribution >= 0.6 is 11.6 Å². The highest BCUT2D eigenvalue weighted by Crippen LogP contribution is 2.24. The number of benzene rings is 1. The Morgan fingerprint density at radius 3 is 2.56 bits per heavy atom. The number of rotatable bonds is 3. The van der Waals surface area contributed by atoms with Gasteiger partial charge in [-0.25, -0.2) is 0 Å². The molecule has 5 heteroatoms. The SMILES string of the molecule is CC(=Cc1ccc(-c2ccc(Cl)cc2)o1)[N+](=O)[O-]. The first-order valence-corrected chi connectivity index (χ1v) is 5.62. The molecule has 0 aliphatic rings. The molecule has 0 aliphatic carbocycles. The summed E-state index contributed by atoms with van der Waals surface area (Å²) in [6, 6.07) is 10.6. The van der Waals surface area contributed by atoms with Crippen molar-refractivity contribution in [1.82, 2.24) is 0 Å². The van der Waals surface area contributed by atoms with E-state index in [1.807, 2.05) is 12.1 Å². The van der Waals surface area contributed by atoms with Gasteiger partial charge in [0.05, 0.1) is 11.0 Å². The van der Waals surface area contributed by atoms with Crippen LogP contribution in [0.3, 0.4) is 0 Å². The molecule has 0 atom stereocenters. The molecule has 2 rings (SSSR count). The average molecular weight is 264 g/mol. The smallest absolute Gasteiger partial charge is 0.246 e. The summed E-state index contributed by atoms with van der Waals surface area (Å²) < 4.78 is 5.51. The van der Waals surface area contributed by atoms with Crippen LogP contribution in [-0.4, -0.2) is 4.92 Å². The van der Waals surface area contributed by atoms with Gasteiger partial charge in [0.15, 0.2) is 0 Å². The lowest BCUT2D eigenvalue weighted by Crippen LogP contribution is -1.92. The molecule has 1 heterocycles. The molecule has 0 fully saturated rings. The molecule has 0 N–H and O–H groups in total. The Morgan fingerprint density at radius 2 is 1.94 bits per heavy atom. The molecular formula is C13H10ClNO3. The molecule has 0 saturated carbocycles. The van der Waals surface area contributed by atoms with E-state index >= 15 is 0 Å². The van der Waals surface area contributed by atoms with E-state index in [0.717, 1.165) is 5.56 Å². The van der Waals surface area contributed by atoms with Crippen LogP contribution in [0, 0.1) is 10.1 Å². The Hall–Kier alpha value is -2.07. The van der Waals surface area contributed by atoms with Crippen LogP contribution in [0.1, 0.15) is 12.7 Å². The highest BCUT2D eigenvalue weighted by Gasteiger charge is 2.07. The lowest BCUT2D eigenvalue weighted by Gasteiger charge is -1.96. The minimum Gasteiger partial charge on any atom is -0.456 e. The van der Waals surface area contributed by atoms with Crippen LogP contribution in [0.5, 0.6) is 0 Å². The van der Waals surface area contributed by atoms with E-state index in [4.69, 9.17) is 16.0 Å². The summed E-state index contributed by atoms with van der Waals surface area (Å²) >= 11 is 5.79. The zero-order valence-corrected chi connectivity index (χ0v) is 10.3. The third kappa shape index (κ3) is 2.78. The van der Waals surface area contributed by atoms with Crippen molar-refractivity contribution < 1.29 is 9.34 Å². The predicted octanol–water partition coefficient (Wildman–Crippen LogP) is 4.24. The summed E-state index contributed by atoms with van der Waals surface area (Å²) in [5.74, 6) is 1.10. The van der Waals surface area contributed by atoms with Crippen molar-refractivity contribution in [1.29, 1.82) is 0 Å². The van der Waals surface area contributed by atoms with E-state index < -0.39 is 4.92 Å². The Bertz CT molecular complexity index is 599. The van der Waals surface area contributed by atoms with Gasteiger partial charge >= 0.3 is 0 Å². The van der Waals surface area contributed by atoms with Crippen LogP contribution in [-0.2, 0) is 0 Å². The van der Waals surface area contributed by atoms with Gasteiger partial charge in [-0.15, -0.1) is 0 Å². The number of furan rings is 1.